The van der Waals surface area contributed by atoms with Crippen LogP contribution in [0.3, 0.4) is 0 Å². The molecule has 1 heterocycles. The standard InChI is InChI=1S/C17H22N4O3S/c1-21(2)16-9-8-15(12-18-16)20-17(22)14-6-4-13(5-7-14)10-11-19-25(3,23)24/h4-9,12,19H,10-11H2,1-3H3,(H,20,22). The number of sulfonamides is 1. The van der Waals surface area contributed by atoms with Crippen LogP contribution in [0.15, 0.2) is 42.6 Å². The van der Waals surface area contributed by atoms with E-state index in [-0.39, 0.29) is 5.91 Å². The minimum absolute atomic E-state index is 0.222. The Morgan fingerprint density at radius 1 is 1.12 bits per heavy atom. The highest BCUT2D eigenvalue weighted by Gasteiger charge is 2.07. The number of carbonyl (C=O) groups excluding carboxylic acids is 1. The first kappa shape index (κ1) is 18.9. The molecule has 0 aliphatic heterocycles. The number of amides is 1. The molecule has 0 aliphatic rings. The van der Waals surface area contributed by atoms with E-state index in [0.29, 0.717) is 24.2 Å². The molecule has 0 atom stereocenters. The van der Waals surface area contributed by atoms with Gasteiger partial charge in [0.25, 0.3) is 5.91 Å². The van der Waals surface area contributed by atoms with Gasteiger partial charge in [0.2, 0.25) is 10.0 Å². The summed E-state index contributed by atoms with van der Waals surface area (Å²) in [6.45, 7) is 0.328. The van der Waals surface area contributed by atoms with Gasteiger partial charge in [-0.3, -0.25) is 4.79 Å². The van der Waals surface area contributed by atoms with Crippen LogP contribution in [0.5, 0.6) is 0 Å². The number of pyridine rings is 1. The van der Waals surface area contributed by atoms with Crippen LogP contribution >= 0.6 is 0 Å². The molecule has 7 nitrogen and oxygen atoms in total. The van der Waals surface area contributed by atoms with Crippen LogP contribution in [-0.2, 0) is 16.4 Å². The number of hydrogen-bond donors (Lipinski definition) is 2. The second-order valence-electron chi connectivity index (χ2n) is 5.87. The smallest absolute Gasteiger partial charge is 0.255 e. The van der Waals surface area contributed by atoms with Crippen molar-refractivity contribution in [2.24, 2.45) is 0 Å². The lowest BCUT2D eigenvalue weighted by Gasteiger charge is -2.11. The Kier molecular flexibility index (Phi) is 6.11. The van der Waals surface area contributed by atoms with E-state index in [0.717, 1.165) is 17.6 Å². The summed E-state index contributed by atoms with van der Waals surface area (Å²) in [4.78, 5) is 18.4. The lowest BCUT2D eigenvalue weighted by Crippen LogP contribution is -2.24. The van der Waals surface area contributed by atoms with Crippen molar-refractivity contribution >= 4 is 27.4 Å². The van der Waals surface area contributed by atoms with Crippen LogP contribution in [0.1, 0.15) is 15.9 Å². The Labute approximate surface area is 148 Å². The summed E-state index contributed by atoms with van der Waals surface area (Å²) < 4.78 is 24.5. The van der Waals surface area contributed by atoms with Crippen molar-refractivity contribution in [1.29, 1.82) is 0 Å². The molecule has 0 spiro atoms. The minimum Gasteiger partial charge on any atom is -0.363 e. The predicted molar refractivity (Wildman–Crippen MR) is 99.5 cm³/mol. The summed E-state index contributed by atoms with van der Waals surface area (Å²) in [5.74, 6) is 0.588. The number of anilines is 2. The average molecular weight is 362 g/mol. The quantitative estimate of drug-likeness (QED) is 0.779. The molecule has 25 heavy (non-hydrogen) atoms. The fourth-order valence-corrected chi connectivity index (χ4v) is 2.60. The Hall–Kier alpha value is -2.45. The van der Waals surface area contributed by atoms with Crippen molar-refractivity contribution < 1.29 is 13.2 Å². The van der Waals surface area contributed by atoms with E-state index in [2.05, 4.69) is 15.0 Å². The summed E-state index contributed by atoms with van der Waals surface area (Å²) in [5, 5.41) is 2.80. The van der Waals surface area contributed by atoms with Crippen LogP contribution < -0.4 is 14.9 Å². The van der Waals surface area contributed by atoms with Crippen molar-refractivity contribution in [2.75, 3.05) is 37.1 Å². The zero-order valence-corrected chi connectivity index (χ0v) is 15.3. The van der Waals surface area contributed by atoms with Crippen molar-refractivity contribution in [2.45, 2.75) is 6.42 Å². The minimum atomic E-state index is -3.18. The molecule has 1 aromatic heterocycles. The molecule has 0 aliphatic carbocycles. The second-order valence-corrected chi connectivity index (χ2v) is 7.70. The first-order chi connectivity index (χ1) is 11.7. The van der Waals surface area contributed by atoms with Crippen LogP contribution in [0.25, 0.3) is 0 Å². The highest BCUT2D eigenvalue weighted by atomic mass is 32.2. The first-order valence-electron chi connectivity index (χ1n) is 7.73. The molecule has 0 saturated heterocycles. The molecular weight excluding hydrogens is 340 g/mol. The zero-order valence-electron chi connectivity index (χ0n) is 14.5. The lowest BCUT2D eigenvalue weighted by molar-refractivity contribution is 0.102. The number of carbonyl (C=O) groups is 1. The molecule has 2 N–H and O–H groups in total. The Morgan fingerprint density at radius 2 is 1.80 bits per heavy atom. The Morgan fingerprint density at radius 3 is 2.32 bits per heavy atom. The SMILES string of the molecule is CN(C)c1ccc(NC(=O)c2ccc(CCNS(C)(=O)=O)cc2)cn1. The normalized spacial score (nSPS) is 11.2. The fourth-order valence-electron chi connectivity index (χ4n) is 2.13. The number of nitrogens with one attached hydrogen (secondary N) is 2. The van der Waals surface area contributed by atoms with Crippen LogP contribution in [0.2, 0.25) is 0 Å². The van der Waals surface area contributed by atoms with Gasteiger partial charge in [0.15, 0.2) is 0 Å². The van der Waals surface area contributed by atoms with Crippen LogP contribution in [-0.4, -0.2) is 46.2 Å². The van der Waals surface area contributed by atoms with Crippen LogP contribution in [0, 0.1) is 0 Å². The van der Waals surface area contributed by atoms with Gasteiger partial charge in [-0.05, 0) is 36.2 Å². The number of benzene rings is 1. The lowest BCUT2D eigenvalue weighted by atomic mass is 10.1. The van der Waals surface area contributed by atoms with Gasteiger partial charge in [0.1, 0.15) is 5.82 Å². The van der Waals surface area contributed by atoms with E-state index in [1.807, 2.05) is 37.2 Å². The summed E-state index contributed by atoms with van der Waals surface area (Å²) in [7, 11) is 0.611. The number of aromatic nitrogens is 1. The van der Waals surface area contributed by atoms with Gasteiger partial charge >= 0.3 is 0 Å². The number of nitrogens with zero attached hydrogens (tertiary/aromatic N) is 2. The highest BCUT2D eigenvalue weighted by Crippen LogP contribution is 2.13. The monoisotopic (exact) mass is 362 g/mol. The van der Waals surface area contributed by atoms with Gasteiger partial charge < -0.3 is 10.2 Å². The van der Waals surface area contributed by atoms with E-state index >= 15 is 0 Å². The number of hydrogen-bond acceptors (Lipinski definition) is 5. The summed E-state index contributed by atoms with van der Waals surface area (Å²) >= 11 is 0. The van der Waals surface area contributed by atoms with E-state index in [1.165, 1.54) is 0 Å². The molecular formula is C17H22N4O3S. The maximum atomic E-state index is 12.2. The van der Waals surface area contributed by atoms with Crippen molar-refractivity contribution in [3.8, 4) is 0 Å². The van der Waals surface area contributed by atoms with Gasteiger partial charge in [-0.1, -0.05) is 12.1 Å². The molecule has 0 fully saturated rings. The molecule has 0 saturated carbocycles. The van der Waals surface area contributed by atoms with Gasteiger partial charge in [0, 0.05) is 26.2 Å². The van der Waals surface area contributed by atoms with Crippen molar-refractivity contribution in [3.63, 3.8) is 0 Å². The third-order valence-corrected chi connectivity index (χ3v) is 4.19. The predicted octanol–water partition coefficient (Wildman–Crippen LogP) is 1.49. The van der Waals surface area contributed by atoms with Crippen molar-refractivity contribution in [1.82, 2.24) is 9.71 Å². The summed E-state index contributed by atoms with van der Waals surface area (Å²) in [5.41, 5.74) is 2.10. The summed E-state index contributed by atoms with van der Waals surface area (Å²) in [6.07, 6.45) is 3.30. The molecule has 0 radical (unpaired) electrons. The Balaban J connectivity index is 1.93. The van der Waals surface area contributed by atoms with Gasteiger partial charge in [-0.25, -0.2) is 18.1 Å². The second kappa shape index (κ2) is 8.09. The largest absolute Gasteiger partial charge is 0.363 e. The third-order valence-electron chi connectivity index (χ3n) is 3.46. The molecule has 2 aromatic rings. The molecule has 0 unspecified atom stereocenters. The van der Waals surface area contributed by atoms with Gasteiger partial charge in [-0.2, -0.15) is 0 Å². The molecule has 8 heteroatoms. The molecule has 134 valence electrons. The maximum Gasteiger partial charge on any atom is 0.255 e. The zero-order chi connectivity index (χ0) is 18.4. The van der Waals surface area contributed by atoms with Gasteiger partial charge in [0.05, 0.1) is 18.1 Å². The van der Waals surface area contributed by atoms with Crippen LogP contribution in [0.4, 0.5) is 11.5 Å². The molecule has 1 amide bonds. The molecule has 2 rings (SSSR count). The van der Waals surface area contributed by atoms with E-state index in [4.69, 9.17) is 0 Å². The van der Waals surface area contributed by atoms with E-state index in [9.17, 15) is 13.2 Å². The first-order valence-corrected chi connectivity index (χ1v) is 9.62. The highest BCUT2D eigenvalue weighted by molar-refractivity contribution is 7.88. The molecule has 0 bridgehead atoms. The number of rotatable bonds is 7. The van der Waals surface area contributed by atoms with Crippen molar-refractivity contribution in [3.05, 3.63) is 53.7 Å². The Bertz CT molecular complexity index is 816. The third kappa shape index (κ3) is 6.17. The topological polar surface area (TPSA) is 91.4 Å². The average Bonchev–Trinajstić information content (AvgIpc) is 2.54. The van der Waals surface area contributed by atoms with E-state index in [1.54, 1.807) is 24.4 Å². The molecule has 1 aromatic carbocycles. The van der Waals surface area contributed by atoms with Gasteiger partial charge in [-0.15, -0.1) is 0 Å². The van der Waals surface area contributed by atoms with E-state index < -0.39 is 10.0 Å². The fraction of sp³-hybridized carbons (Fsp3) is 0.294. The maximum absolute atomic E-state index is 12.2. The summed E-state index contributed by atoms with van der Waals surface area (Å²) in [6, 6.07) is 10.7.